The summed E-state index contributed by atoms with van der Waals surface area (Å²) in [6, 6.07) is 56.9. The third kappa shape index (κ3) is 3.78. The Morgan fingerprint density at radius 2 is 0.878 bits per heavy atom. The van der Waals surface area contributed by atoms with Crippen LogP contribution < -0.4 is 0 Å². The Labute approximate surface area is 281 Å². The van der Waals surface area contributed by atoms with Crippen LogP contribution in [0.25, 0.3) is 104 Å². The molecule has 0 fully saturated rings. The molecule has 0 N–H and O–H groups in total. The summed E-state index contributed by atoms with van der Waals surface area (Å²) < 4.78 is 2.43. The molecule has 0 unspecified atom stereocenters. The van der Waals surface area contributed by atoms with Gasteiger partial charge in [-0.2, -0.15) is 0 Å². The molecule has 3 nitrogen and oxygen atoms in total. The van der Waals surface area contributed by atoms with Gasteiger partial charge in [0.25, 0.3) is 0 Å². The minimum atomic E-state index is 0.875. The molecule has 0 bridgehead atoms. The van der Waals surface area contributed by atoms with Crippen molar-refractivity contribution < 1.29 is 0 Å². The van der Waals surface area contributed by atoms with Gasteiger partial charge < -0.3 is 4.40 Å². The molecular weight excluding hydrogens is 595 g/mol. The minimum Gasteiger partial charge on any atom is -0.308 e. The Morgan fingerprint density at radius 1 is 0.347 bits per heavy atom. The highest BCUT2D eigenvalue weighted by Gasteiger charge is 2.17. The molecule has 3 heteroatoms. The summed E-state index contributed by atoms with van der Waals surface area (Å²) in [5.74, 6) is 0. The molecule has 0 aliphatic heterocycles. The van der Waals surface area contributed by atoms with E-state index < -0.39 is 0 Å². The molecule has 0 aliphatic carbocycles. The Balaban J connectivity index is 0.978. The maximum Gasteiger partial charge on any atom is 0.0979 e. The number of benzene rings is 8. The van der Waals surface area contributed by atoms with Crippen molar-refractivity contribution in [2.45, 2.75) is 0 Å². The molecule has 11 aromatic rings. The van der Waals surface area contributed by atoms with Crippen molar-refractivity contribution in [1.82, 2.24) is 14.4 Å². The van der Waals surface area contributed by atoms with E-state index in [0.717, 1.165) is 33.1 Å². The summed E-state index contributed by atoms with van der Waals surface area (Å²) >= 11 is 0. The van der Waals surface area contributed by atoms with E-state index in [9.17, 15) is 0 Å². The lowest BCUT2D eigenvalue weighted by atomic mass is 9.97. The first-order valence-corrected chi connectivity index (χ1v) is 16.7. The van der Waals surface area contributed by atoms with Crippen molar-refractivity contribution in [1.29, 1.82) is 0 Å². The van der Waals surface area contributed by atoms with E-state index in [1.54, 1.807) is 0 Å². The highest BCUT2D eigenvalue weighted by Crippen LogP contribution is 2.41. The van der Waals surface area contributed by atoms with Crippen LogP contribution in [0.1, 0.15) is 0 Å². The second-order valence-electron chi connectivity index (χ2n) is 13.0. The number of fused-ring (bicyclic) bond motifs is 12. The molecule has 0 saturated heterocycles. The molecule has 49 heavy (non-hydrogen) atoms. The van der Waals surface area contributed by atoms with Crippen LogP contribution in [0.4, 0.5) is 0 Å². The summed E-state index contributed by atoms with van der Waals surface area (Å²) in [6.45, 7) is 0. The average molecular weight is 622 g/mol. The van der Waals surface area contributed by atoms with Crippen LogP contribution in [0.3, 0.4) is 0 Å². The molecule has 0 aliphatic rings. The van der Waals surface area contributed by atoms with Crippen molar-refractivity contribution in [3.05, 3.63) is 164 Å². The first-order valence-electron chi connectivity index (χ1n) is 16.7. The standard InChI is InChI=1S/C46H27N3/c1-3-14-36-33(11-1)34-12-2-4-15-37(34)45-44(36)47-27-41(48-45)29-21-19-28(20-22-29)30-9-7-10-31(25-30)32-23-24-43-40(26-32)39-17-8-16-38-35-13-5-6-18-42(35)49(43)46(38)39/h1-27H. The Hall–Kier alpha value is -6.58. The van der Waals surface area contributed by atoms with Crippen LogP contribution in [0.2, 0.25) is 0 Å². The molecule has 11 rings (SSSR count). The molecular formula is C46H27N3. The van der Waals surface area contributed by atoms with Gasteiger partial charge in [-0.3, -0.25) is 4.98 Å². The number of para-hydroxylation sites is 2. The maximum atomic E-state index is 5.19. The van der Waals surface area contributed by atoms with Crippen LogP contribution in [-0.4, -0.2) is 14.4 Å². The molecule has 0 spiro atoms. The van der Waals surface area contributed by atoms with Crippen LogP contribution in [0.15, 0.2) is 164 Å². The Kier molecular flexibility index (Phi) is 5.38. The highest BCUT2D eigenvalue weighted by molar-refractivity contribution is 6.24. The zero-order valence-electron chi connectivity index (χ0n) is 26.4. The minimum absolute atomic E-state index is 0.875. The predicted octanol–water partition coefficient (Wildman–Crippen LogP) is 12.1. The predicted molar refractivity (Wildman–Crippen MR) is 206 cm³/mol. The van der Waals surface area contributed by atoms with Crippen LogP contribution >= 0.6 is 0 Å². The third-order valence-corrected chi connectivity index (χ3v) is 10.4. The van der Waals surface area contributed by atoms with Gasteiger partial charge in [0.2, 0.25) is 0 Å². The molecule has 0 radical (unpaired) electrons. The molecule has 3 heterocycles. The highest BCUT2D eigenvalue weighted by atomic mass is 14.9. The van der Waals surface area contributed by atoms with Gasteiger partial charge in [-0.05, 0) is 57.3 Å². The summed E-state index contributed by atoms with van der Waals surface area (Å²) in [5.41, 5.74) is 12.4. The Morgan fingerprint density at radius 3 is 1.65 bits per heavy atom. The fourth-order valence-electron chi connectivity index (χ4n) is 8.09. The number of rotatable bonds is 3. The molecule has 0 atom stereocenters. The second-order valence-corrected chi connectivity index (χ2v) is 13.0. The van der Waals surface area contributed by atoms with Crippen LogP contribution in [-0.2, 0) is 0 Å². The molecule has 3 aromatic heterocycles. The lowest BCUT2D eigenvalue weighted by molar-refractivity contribution is 1.31. The monoisotopic (exact) mass is 621 g/mol. The number of hydrogen-bond acceptors (Lipinski definition) is 2. The van der Waals surface area contributed by atoms with Crippen LogP contribution in [0, 0.1) is 0 Å². The normalized spacial score (nSPS) is 12.1. The Bertz CT molecular complexity index is 3060. The first-order chi connectivity index (χ1) is 24.3. The van der Waals surface area contributed by atoms with E-state index in [4.69, 9.17) is 9.97 Å². The molecule has 0 saturated carbocycles. The molecule has 226 valence electrons. The summed E-state index contributed by atoms with van der Waals surface area (Å²) in [5, 5.41) is 9.88. The topological polar surface area (TPSA) is 30.2 Å². The zero-order valence-corrected chi connectivity index (χ0v) is 26.4. The largest absolute Gasteiger partial charge is 0.308 e. The lowest BCUT2D eigenvalue weighted by Crippen LogP contribution is -1.92. The van der Waals surface area contributed by atoms with Crippen molar-refractivity contribution in [3.63, 3.8) is 0 Å². The van der Waals surface area contributed by atoms with Crippen LogP contribution in [0.5, 0.6) is 0 Å². The smallest absolute Gasteiger partial charge is 0.0979 e. The van der Waals surface area contributed by atoms with Crippen molar-refractivity contribution in [3.8, 4) is 33.5 Å². The van der Waals surface area contributed by atoms with E-state index in [2.05, 4.69) is 162 Å². The number of aromatic nitrogens is 3. The first kappa shape index (κ1) is 26.5. The van der Waals surface area contributed by atoms with E-state index >= 15 is 0 Å². The second kappa shape index (κ2) is 9.96. The SMILES string of the molecule is c1cc(-c2ccc(-c3cnc4c5ccccc5c5ccccc5c4n3)cc2)cc(-c2ccc3c(c2)c2cccc4c5ccccc5n3c42)c1. The average Bonchev–Trinajstić information content (AvgIpc) is 3.70. The van der Waals surface area contributed by atoms with E-state index in [1.165, 1.54) is 71.1 Å². The molecule has 8 aromatic carbocycles. The van der Waals surface area contributed by atoms with Gasteiger partial charge in [0.1, 0.15) is 0 Å². The maximum absolute atomic E-state index is 5.19. The van der Waals surface area contributed by atoms with Crippen molar-refractivity contribution in [2.75, 3.05) is 0 Å². The van der Waals surface area contributed by atoms with E-state index in [1.807, 2.05) is 6.20 Å². The summed E-state index contributed by atoms with van der Waals surface area (Å²) in [4.78, 5) is 10.1. The van der Waals surface area contributed by atoms with Gasteiger partial charge in [0.15, 0.2) is 0 Å². The van der Waals surface area contributed by atoms with E-state index in [0.29, 0.717) is 0 Å². The summed E-state index contributed by atoms with van der Waals surface area (Å²) in [6.07, 6.45) is 1.91. The van der Waals surface area contributed by atoms with E-state index in [-0.39, 0.29) is 0 Å². The van der Waals surface area contributed by atoms with Gasteiger partial charge in [-0.25, -0.2) is 4.98 Å². The zero-order chi connectivity index (χ0) is 32.1. The molecule has 0 amide bonds. The van der Waals surface area contributed by atoms with Gasteiger partial charge >= 0.3 is 0 Å². The fourth-order valence-corrected chi connectivity index (χ4v) is 8.09. The van der Waals surface area contributed by atoms with Crippen molar-refractivity contribution >= 4 is 70.7 Å². The fraction of sp³-hybridized carbons (Fsp3) is 0. The quantitative estimate of drug-likeness (QED) is 0.184. The van der Waals surface area contributed by atoms with Gasteiger partial charge in [0.05, 0.1) is 39.5 Å². The van der Waals surface area contributed by atoms with Gasteiger partial charge in [-0.15, -0.1) is 0 Å². The van der Waals surface area contributed by atoms with Crippen molar-refractivity contribution in [2.24, 2.45) is 0 Å². The lowest BCUT2D eigenvalue weighted by Gasteiger charge is -2.11. The number of hydrogen-bond donors (Lipinski definition) is 0. The third-order valence-electron chi connectivity index (χ3n) is 10.4. The number of nitrogens with zero attached hydrogens (tertiary/aromatic N) is 3. The van der Waals surface area contributed by atoms with Gasteiger partial charge in [0, 0.05) is 37.9 Å². The van der Waals surface area contributed by atoms with Gasteiger partial charge in [-0.1, -0.05) is 133 Å². The summed E-state index contributed by atoms with van der Waals surface area (Å²) in [7, 11) is 0.